The quantitative estimate of drug-likeness (QED) is 0.144. The summed E-state index contributed by atoms with van der Waals surface area (Å²) < 4.78 is 219. The van der Waals surface area contributed by atoms with Gasteiger partial charge in [-0.3, -0.25) is 0 Å². The van der Waals surface area contributed by atoms with E-state index in [2.05, 4.69) is 4.74 Å². The minimum Gasteiger partial charge on any atom is -0.387 e. The standard InChI is InChI=1S/C20H5F15OSi/c1-36-2-37(18-12(30)6(24)3(21)7(25)13(18)31,19-14(32)8(26)4(22)9(27)15(19)33)20-16(34)10(28)5(23)11(29)17(20)35/h2H2,1H3. The van der Waals surface area contributed by atoms with Crippen LogP contribution in [0.2, 0.25) is 0 Å². The van der Waals surface area contributed by atoms with Crippen molar-refractivity contribution in [3.63, 3.8) is 0 Å². The van der Waals surface area contributed by atoms with Crippen LogP contribution in [-0.4, -0.2) is 21.4 Å². The SMILES string of the molecule is COC[Si](c1c(F)c(F)c(F)c(F)c1F)(c1c(F)c(F)c(F)c(F)c1F)c1c(F)c(F)c(F)c(F)c1F. The molecule has 0 unspecified atom stereocenters. The molecule has 37 heavy (non-hydrogen) atoms. The third kappa shape index (κ3) is 3.77. The van der Waals surface area contributed by atoms with Crippen molar-refractivity contribution >= 4 is 23.6 Å². The molecule has 0 heterocycles. The van der Waals surface area contributed by atoms with E-state index in [1.54, 1.807) is 0 Å². The highest BCUT2D eigenvalue weighted by Gasteiger charge is 2.55. The smallest absolute Gasteiger partial charge is 0.200 e. The number of halogens is 15. The number of methoxy groups -OCH3 is 1. The minimum absolute atomic E-state index is 0.395. The maximum Gasteiger partial charge on any atom is 0.200 e. The Bertz CT molecular complexity index is 1200. The molecule has 0 aliphatic rings. The number of rotatable bonds is 5. The number of hydrogen-bond donors (Lipinski definition) is 0. The summed E-state index contributed by atoms with van der Waals surface area (Å²) in [7, 11) is -6.47. The van der Waals surface area contributed by atoms with Crippen molar-refractivity contribution in [3.8, 4) is 0 Å². The fraction of sp³-hybridized carbons (Fsp3) is 0.100. The lowest BCUT2D eigenvalue weighted by Crippen LogP contribution is -2.76. The summed E-state index contributed by atoms with van der Waals surface area (Å²) in [4.78, 5) is 0. The predicted molar refractivity (Wildman–Crippen MR) is 95.2 cm³/mol. The molecule has 3 aromatic rings. The second kappa shape index (κ2) is 9.59. The average Bonchev–Trinajstić information content (AvgIpc) is 2.86. The summed E-state index contributed by atoms with van der Waals surface area (Å²) in [6, 6.07) is 0. The maximum atomic E-state index is 14.9. The Kier molecular flexibility index (Phi) is 7.35. The molecule has 17 heteroatoms. The van der Waals surface area contributed by atoms with Crippen molar-refractivity contribution in [2.45, 2.75) is 0 Å². The van der Waals surface area contributed by atoms with Crippen LogP contribution in [0.3, 0.4) is 0 Å². The zero-order chi connectivity index (χ0) is 28.3. The van der Waals surface area contributed by atoms with Crippen LogP contribution in [0.4, 0.5) is 65.9 Å². The third-order valence-corrected chi connectivity index (χ3v) is 9.87. The van der Waals surface area contributed by atoms with Crippen LogP contribution in [0.1, 0.15) is 0 Å². The topological polar surface area (TPSA) is 9.23 Å². The molecule has 0 radical (unpaired) electrons. The summed E-state index contributed by atoms with van der Waals surface area (Å²) >= 11 is 0. The Morgan fingerprint density at radius 2 is 0.514 bits per heavy atom. The van der Waals surface area contributed by atoms with Gasteiger partial charge in [-0.1, -0.05) is 0 Å². The van der Waals surface area contributed by atoms with E-state index in [4.69, 9.17) is 0 Å². The highest BCUT2D eigenvalue weighted by atomic mass is 28.3. The summed E-state index contributed by atoms with van der Waals surface area (Å²) in [5.41, 5.74) is 0. The molecule has 3 aromatic carbocycles. The number of hydrogen-bond acceptors (Lipinski definition) is 1. The van der Waals surface area contributed by atoms with Gasteiger partial charge in [0.25, 0.3) is 0 Å². The molecule has 1 nitrogen and oxygen atoms in total. The zero-order valence-electron chi connectivity index (χ0n) is 17.3. The van der Waals surface area contributed by atoms with E-state index in [1.165, 1.54) is 0 Å². The van der Waals surface area contributed by atoms with E-state index >= 15 is 0 Å². The molecule has 0 aliphatic carbocycles. The molecule has 0 aromatic heterocycles. The van der Waals surface area contributed by atoms with Gasteiger partial charge in [-0.25, -0.2) is 65.9 Å². The molecule has 0 spiro atoms. The summed E-state index contributed by atoms with van der Waals surface area (Å²) in [6.07, 6.45) is -2.07. The fourth-order valence-electron chi connectivity index (χ4n) is 3.75. The van der Waals surface area contributed by atoms with Gasteiger partial charge in [0, 0.05) is 22.7 Å². The van der Waals surface area contributed by atoms with Crippen molar-refractivity contribution in [3.05, 3.63) is 87.3 Å². The van der Waals surface area contributed by atoms with E-state index in [0.29, 0.717) is 7.11 Å². The first-order chi connectivity index (χ1) is 17.1. The Hall–Kier alpha value is -3.21. The monoisotopic (exact) mass is 574 g/mol. The van der Waals surface area contributed by atoms with Crippen LogP contribution in [0.25, 0.3) is 0 Å². The van der Waals surface area contributed by atoms with E-state index in [1.807, 2.05) is 0 Å². The van der Waals surface area contributed by atoms with Gasteiger partial charge < -0.3 is 4.74 Å². The van der Waals surface area contributed by atoms with Gasteiger partial charge in [-0.2, -0.15) is 0 Å². The van der Waals surface area contributed by atoms with Crippen LogP contribution in [0.15, 0.2) is 0 Å². The second-order valence-corrected chi connectivity index (χ2v) is 10.8. The van der Waals surface area contributed by atoms with Crippen LogP contribution >= 0.6 is 0 Å². The highest BCUT2D eigenvalue weighted by molar-refractivity contribution is 7.11. The molecular formula is C20H5F15OSi. The van der Waals surface area contributed by atoms with Gasteiger partial charge in [0.05, 0.1) is 6.23 Å². The van der Waals surface area contributed by atoms with E-state index in [-0.39, 0.29) is 0 Å². The molecule has 0 aliphatic heterocycles. The zero-order valence-corrected chi connectivity index (χ0v) is 18.3. The Morgan fingerprint density at radius 3 is 0.676 bits per heavy atom. The summed E-state index contributed by atoms with van der Waals surface area (Å²) in [5.74, 6) is -45.3. The molecule has 0 bridgehead atoms. The Labute approximate surface area is 195 Å². The first-order valence-electron chi connectivity index (χ1n) is 9.14. The summed E-state index contributed by atoms with van der Waals surface area (Å²) in [5, 5.41) is -7.88. The molecule has 0 atom stereocenters. The molecule has 0 amide bonds. The fourth-order valence-corrected chi connectivity index (χ4v) is 8.27. The molecule has 0 N–H and O–H groups in total. The lowest BCUT2D eigenvalue weighted by atomic mass is 10.3. The van der Waals surface area contributed by atoms with Gasteiger partial charge in [0.15, 0.2) is 77.9 Å². The van der Waals surface area contributed by atoms with Crippen molar-refractivity contribution in [1.29, 1.82) is 0 Å². The largest absolute Gasteiger partial charge is 0.387 e. The third-order valence-electron chi connectivity index (χ3n) is 5.27. The first-order valence-corrected chi connectivity index (χ1v) is 11.3. The molecular weight excluding hydrogens is 569 g/mol. The van der Waals surface area contributed by atoms with E-state index in [9.17, 15) is 65.9 Å². The van der Waals surface area contributed by atoms with Gasteiger partial charge in [0.2, 0.25) is 17.5 Å². The van der Waals surface area contributed by atoms with Gasteiger partial charge in [0.1, 0.15) is 0 Å². The van der Waals surface area contributed by atoms with Gasteiger partial charge in [-0.05, 0) is 0 Å². The van der Waals surface area contributed by atoms with Crippen LogP contribution in [-0.2, 0) is 4.74 Å². The number of ether oxygens (including phenoxy) is 1. The minimum atomic E-state index is -6.86. The van der Waals surface area contributed by atoms with Crippen LogP contribution < -0.4 is 15.6 Å². The lowest BCUT2D eigenvalue weighted by molar-refractivity contribution is 0.247. The molecule has 3 rings (SSSR count). The number of benzene rings is 3. The molecule has 200 valence electrons. The normalized spacial score (nSPS) is 12.0. The van der Waals surface area contributed by atoms with Crippen LogP contribution in [0, 0.1) is 87.3 Å². The van der Waals surface area contributed by atoms with Crippen molar-refractivity contribution in [2.75, 3.05) is 13.3 Å². The Morgan fingerprint density at radius 1 is 0.351 bits per heavy atom. The summed E-state index contributed by atoms with van der Waals surface area (Å²) in [6.45, 7) is 0. The Balaban J connectivity index is 2.86. The van der Waals surface area contributed by atoms with E-state index in [0.717, 1.165) is 0 Å². The predicted octanol–water partition coefficient (Wildman–Crippen LogP) is 4.43. The molecule has 0 saturated carbocycles. The lowest BCUT2D eigenvalue weighted by Gasteiger charge is -2.34. The van der Waals surface area contributed by atoms with Gasteiger partial charge in [-0.15, -0.1) is 0 Å². The van der Waals surface area contributed by atoms with E-state index < -0.39 is 117 Å². The van der Waals surface area contributed by atoms with Crippen LogP contribution in [0.5, 0.6) is 0 Å². The maximum absolute atomic E-state index is 14.9. The van der Waals surface area contributed by atoms with Crippen molar-refractivity contribution in [2.24, 2.45) is 0 Å². The first kappa shape index (κ1) is 28.4. The molecule has 0 fully saturated rings. The average molecular weight is 574 g/mol. The second-order valence-electron chi connectivity index (χ2n) is 7.17. The highest BCUT2D eigenvalue weighted by Crippen LogP contribution is 2.28. The van der Waals surface area contributed by atoms with Crippen molar-refractivity contribution in [1.82, 2.24) is 0 Å². The van der Waals surface area contributed by atoms with Crippen molar-refractivity contribution < 1.29 is 70.6 Å². The van der Waals surface area contributed by atoms with Gasteiger partial charge >= 0.3 is 0 Å². The molecule has 0 saturated heterocycles.